The first-order valence-corrected chi connectivity index (χ1v) is 11.8. The molecule has 32 heavy (non-hydrogen) atoms. The van der Waals surface area contributed by atoms with Gasteiger partial charge in [-0.05, 0) is 62.6 Å². The zero-order valence-corrected chi connectivity index (χ0v) is 19.3. The first-order chi connectivity index (χ1) is 15.5. The van der Waals surface area contributed by atoms with Crippen LogP contribution in [0, 0.1) is 13.8 Å². The molecular weight excluding hydrogens is 426 g/mol. The van der Waals surface area contributed by atoms with E-state index in [9.17, 15) is 9.59 Å². The SMILES string of the molecule is Cc1cc(C)nc(SCC(=O)N/N=C\c2ccc(OCC(=O)NC3CCCCC3)cc2)n1. The molecule has 0 aliphatic heterocycles. The van der Waals surface area contributed by atoms with Crippen LogP contribution in [0.25, 0.3) is 0 Å². The maximum Gasteiger partial charge on any atom is 0.258 e. The molecule has 1 heterocycles. The van der Waals surface area contributed by atoms with Crippen LogP contribution in [0.1, 0.15) is 49.1 Å². The highest BCUT2D eigenvalue weighted by Crippen LogP contribution is 2.17. The number of hydrogen-bond donors (Lipinski definition) is 2. The molecule has 1 aromatic heterocycles. The highest BCUT2D eigenvalue weighted by Gasteiger charge is 2.15. The van der Waals surface area contributed by atoms with Crippen LogP contribution in [-0.2, 0) is 9.59 Å². The van der Waals surface area contributed by atoms with E-state index in [-0.39, 0.29) is 30.2 Å². The minimum Gasteiger partial charge on any atom is -0.484 e. The molecule has 0 atom stereocenters. The van der Waals surface area contributed by atoms with Crippen LogP contribution in [0.5, 0.6) is 5.75 Å². The molecule has 1 fully saturated rings. The van der Waals surface area contributed by atoms with Gasteiger partial charge in [0.05, 0.1) is 12.0 Å². The molecule has 2 aromatic rings. The molecule has 0 unspecified atom stereocenters. The average Bonchev–Trinajstić information content (AvgIpc) is 2.77. The quantitative estimate of drug-likeness (QED) is 0.260. The Kier molecular flexibility index (Phi) is 9.03. The molecule has 1 aliphatic rings. The van der Waals surface area contributed by atoms with E-state index in [4.69, 9.17) is 4.74 Å². The van der Waals surface area contributed by atoms with Gasteiger partial charge in [-0.1, -0.05) is 31.0 Å². The molecule has 0 radical (unpaired) electrons. The molecule has 1 aromatic carbocycles. The number of rotatable bonds is 9. The third kappa shape index (κ3) is 8.30. The van der Waals surface area contributed by atoms with E-state index >= 15 is 0 Å². The van der Waals surface area contributed by atoms with Crippen LogP contribution >= 0.6 is 11.8 Å². The van der Waals surface area contributed by atoms with Crippen molar-refractivity contribution in [3.8, 4) is 5.75 Å². The van der Waals surface area contributed by atoms with Gasteiger partial charge in [0.2, 0.25) is 0 Å². The Morgan fingerprint density at radius 2 is 1.78 bits per heavy atom. The summed E-state index contributed by atoms with van der Waals surface area (Å²) >= 11 is 1.27. The Bertz CT molecular complexity index is 923. The predicted octanol–water partition coefficient (Wildman–Crippen LogP) is 3.16. The summed E-state index contributed by atoms with van der Waals surface area (Å²) in [5.41, 5.74) is 5.04. The Morgan fingerprint density at radius 3 is 2.47 bits per heavy atom. The van der Waals surface area contributed by atoms with Gasteiger partial charge < -0.3 is 10.1 Å². The highest BCUT2D eigenvalue weighted by atomic mass is 32.2. The molecule has 1 saturated carbocycles. The normalized spacial score (nSPS) is 14.3. The summed E-state index contributed by atoms with van der Waals surface area (Å²) in [5.74, 6) is 0.456. The number of carbonyl (C=O) groups is 2. The lowest BCUT2D eigenvalue weighted by Gasteiger charge is -2.22. The molecule has 2 amide bonds. The van der Waals surface area contributed by atoms with E-state index in [0.717, 1.165) is 29.8 Å². The van der Waals surface area contributed by atoms with E-state index in [2.05, 4.69) is 25.8 Å². The molecule has 2 N–H and O–H groups in total. The van der Waals surface area contributed by atoms with Crippen LogP contribution in [-0.4, -0.2) is 46.4 Å². The number of hydrazone groups is 1. The summed E-state index contributed by atoms with van der Waals surface area (Å²) in [7, 11) is 0. The van der Waals surface area contributed by atoms with Crippen LogP contribution < -0.4 is 15.5 Å². The number of hydrogen-bond acceptors (Lipinski definition) is 7. The number of aromatic nitrogens is 2. The summed E-state index contributed by atoms with van der Waals surface area (Å²) in [4.78, 5) is 32.6. The molecule has 170 valence electrons. The molecule has 0 spiro atoms. The maximum atomic E-state index is 12.0. The molecule has 0 saturated heterocycles. The Labute approximate surface area is 192 Å². The molecule has 8 nitrogen and oxygen atoms in total. The number of benzene rings is 1. The van der Waals surface area contributed by atoms with Crippen molar-refractivity contribution >= 4 is 29.8 Å². The van der Waals surface area contributed by atoms with Crippen molar-refractivity contribution < 1.29 is 14.3 Å². The van der Waals surface area contributed by atoms with Crippen molar-refractivity contribution in [3.63, 3.8) is 0 Å². The average molecular weight is 456 g/mol. The minimum absolute atomic E-state index is 0.00182. The van der Waals surface area contributed by atoms with Crippen molar-refractivity contribution in [1.82, 2.24) is 20.7 Å². The molecule has 9 heteroatoms. The van der Waals surface area contributed by atoms with E-state index in [0.29, 0.717) is 10.9 Å². The number of nitrogens with zero attached hydrogens (tertiary/aromatic N) is 3. The van der Waals surface area contributed by atoms with Crippen LogP contribution in [0.15, 0.2) is 40.6 Å². The van der Waals surface area contributed by atoms with Gasteiger partial charge in [-0.2, -0.15) is 5.10 Å². The zero-order valence-electron chi connectivity index (χ0n) is 18.5. The Hall–Kier alpha value is -2.94. The lowest BCUT2D eigenvalue weighted by molar-refractivity contribution is -0.124. The van der Waals surface area contributed by atoms with Crippen molar-refractivity contribution in [1.29, 1.82) is 0 Å². The van der Waals surface area contributed by atoms with E-state index < -0.39 is 0 Å². The molecule has 0 bridgehead atoms. The van der Waals surface area contributed by atoms with Crippen molar-refractivity contribution in [3.05, 3.63) is 47.3 Å². The third-order valence-electron chi connectivity index (χ3n) is 4.92. The third-order valence-corrected chi connectivity index (χ3v) is 5.76. The fourth-order valence-electron chi connectivity index (χ4n) is 3.41. The van der Waals surface area contributed by atoms with Gasteiger partial charge in [0.25, 0.3) is 11.8 Å². The van der Waals surface area contributed by atoms with Crippen LogP contribution in [0.3, 0.4) is 0 Å². The summed E-state index contributed by atoms with van der Waals surface area (Å²) in [6.07, 6.45) is 7.26. The van der Waals surface area contributed by atoms with E-state index in [1.807, 2.05) is 32.0 Å². The Morgan fingerprint density at radius 1 is 1.09 bits per heavy atom. The molecule has 3 rings (SSSR count). The second-order valence-corrected chi connectivity index (χ2v) is 8.72. The van der Waals surface area contributed by atoms with Gasteiger partial charge in [0, 0.05) is 17.4 Å². The Balaban J connectivity index is 1.36. The van der Waals surface area contributed by atoms with E-state index in [1.54, 1.807) is 18.3 Å². The lowest BCUT2D eigenvalue weighted by atomic mass is 9.95. The first kappa shape index (κ1) is 23.7. The number of aryl methyl sites for hydroxylation is 2. The van der Waals surface area contributed by atoms with Crippen molar-refractivity contribution in [2.24, 2.45) is 5.10 Å². The molecule has 1 aliphatic carbocycles. The highest BCUT2D eigenvalue weighted by molar-refractivity contribution is 7.99. The summed E-state index contributed by atoms with van der Waals surface area (Å²) in [6, 6.07) is 9.32. The number of carbonyl (C=O) groups excluding carboxylic acids is 2. The van der Waals surface area contributed by atoms with E-state index in [1.165, 1.54) is 31.0 Å². The lowest BCUT2D eigenvalue weighted by Crippen LogP contribution is -2.38. The van der Waals surface area contributed by atoms with Gasteiger partial charge in [0.1, 0.15) is 5.75 Å². The second kappa shape index (κ2) is 12.2. The minimum atomic E-state index is -0.238. The predicted molar refractivity (Wildman–Crippen MR) is 125 cm³/mol. The second-order valence-electron chi connectivity index (χ2n) is 7.78. The fourth-order valence-corrected chi connectivity index (χ4v) is 4.16. The first-order valence-electron chi connectivity index (χ1n) is 10.8. The standard InChI is InChI=1S/C23H29N5O3S/c1-16-12-17(2)26-23(25-16)32-15-22(30)28-24-13-18-8-10-20(11-9-18)31-14-21(29)27-19-6-4-3-5-7-19/h8-13,19H,3-7,14-15H2,1-2H3,(H,27,29)(H,28,30)/b24-13-. The largest absolute Gasteiger partial charge is 0.484 e. The zero-order chi connectivity index (χ0) is 22.8. The van der Waals surface area contributed by atoms with Crippen LogP contribution in [0.2, 0.25) is 0 Å². The topological polar surface area (TPSA) is 106 Å². The smallest absolute Gasteiger partial charge is 0.258 e. The fraction of sp³-hybridized carbons (Fsp3) is 0.435. The van der Waals surface area contributed by atoms with Crippen LogP contribution in [0.4, 0.5) is 0 Å². The van der Waals surface area contributed by atoms with Gasteiger partial charge >= 0.3 is 0 Å². The van der Waals surface area contributed by atoms with Crippen molar-refractivity contribution in [2.45, 2.75) is 57.1 Å². The number of nitrogens with one attached hydrogen (secondary N) is 2. The number of thioether (sulfide) groups is 1. The molecular formula is C23H29N5O3S. The summed E-state index contributed by atoms with van der Waals surface area (Å²) < 4.78 is 5.56. The maximum absolute atomic E-state index is 12.0. The van der Waals surface area contributed by atoms with Gasteiger partial charge in [0.15, 0.2) is 11.8 Å². The number of ether oxygens (including phenoxy) is 1. The number of amides is 2. The van der Waals surface area contributed by atoms with Gasteiger partial charge in [-0.25, -0.2) is 15.4 Å². The summed E-state index contributed by atoms with van der Waals surface area (Å²) in [5, 5.41) is 7.58. The van der Waals surface area contributed by atoms with Gasteiger partial charge in [-0.15, -0.1) is 0 Å². The van der Waals surface area contributed by atoms with Gasteiger partial charge in [-0.3, -0.25) is 9.59 Å². The van der Waals surface area contributed by atoms with Crippen molar-refractivity contribution in [2.75, 3.05) is 12.4 Å². The monoisotopic (exact) mass is 455 g/mol. The summed E-state index contributed by atoms with van der Waals surface area (Å²) in [6.45, 7) is 3.79.